The molecule has 0 amide bonds. The number of aromatic nitrogens is 1. The van der Waals surface area contributed by atoms with E-state index in [-0.39, 0.29) is 5.82 Å². The van der Waals surface area contributed by atoms with Crippen molar-refractivity contribution in [3.63, 3.8) is 0 Å². The van der Waals surface area contributed by atoms with Crippen LogP contribution in [0.5, 0.6) is 0 Å². The van der Waals surface area contributed by atoms with Crippen LogP contribution in [0.25, 0.3) is 0 Å². The summed E-state index contributed by atoms with van der Waals surface area (Å²) in [7, 11) is 0. The summed E-state index contributed by atoms with van der Waals surface area (Å²) < 4.78 is 39.3. The van der Waals surface area contributed by atoms with Gasteiger partial charge in [0.25, 0.3) is 0 Å². The fraction of sp³-hybridized carbons (Fsp3) is 0.267. The minimum absolute atomic E-state index is 0.0288. The van der Waals surface area contributed by atoms with Gasteiger partial charge in [0, 0.05) is 25.0 Å². The van der Waals surface area contributed by atoms with Crippen molar-refractivity contribution in [2.24, 2.45) is 0 Å². The number of anilines is 2. The van der Waals surface area contributed by atoms with E-state index in [0.29, 0.717) is 25.2 Å². The van der Waals surface area contributed by atoms with Crippen molar-refractivity contribution in [2.75, 3.05) is 17.2 Å². The van der Waals surface area contributed by atoms with E-state index >= 15 is 0 Å². The molecule has 0 bridgehead atoms. The quantitative estimate of drug-likeness (QED) is 0.821. The van der Waals surface area contributed by atoms with E-state index in [1.54, 1.807) is 11.0 Å². The molecule has 1 aromatic carbocycles. The predicted molar refractivity (Wildman–Crippen MR) is 74.8 cm³/mol. The van der Waals surface area contributed by atoms with Crippen LogP contribution in [0.2, 0.25) is 0 Å². The molecule has 2 heterocycles. The van der Waals surface area contributed by atoms with Gasteiger partial charge in [0.2, 0.25) is 0 Å². The largest absolute Gasteiger partial charge is 0.419 e. The lowest BCUT2D eigenvalue weighted by Gasteiger charge is -2.32. The molecule has 1 aromatic heterocycles. The molecule has 1 aliphatic rings. The van der Waals surface area contributed by atoms with Crippen molar-refractivity contribution in [2.45, 2.75) is 19.1 Å². The van der Waals surface area contributed by atoms with Crippen molar-refractivity contribution in [3.8, 4) is 0 Å². The number of hydrogen-bond acceptors (Lipinski definition) is 3. The first kappa shape index (κ1) is 13.7. The average Bonchev–Trinajstić information content (AvgIpc) is 2.46. The van der Waals surface area contributed by atoms with E-state index in [2.05, 4.69) is 4.98 Å². The summed E-state index contributed by atoms with van der Waals surface area (Å²) in [5.74, 6) is -0.0288. The summed E-state index contributed by atoms with van der Waals surface area (Å²) in [6, 6.07) is 7.97. The fourth-order valence-electron chi connectivity index (χ4n) is 2.66. The molecule has 0 fully saturated rings. The van der Waals surface area contributed by atoms with Gasteiger partial charge in [-0.2, -0.15) is 13.2 Å². The summed E-state index contributed by atoms with van der Waals surface area (Å²) in [6.45, 7) is 0.846. The molecule has 21 heavy (non-hydrogen) atoms. The van der Waals surface area contributed by atoms with E-state index < -0.39 is 11.7 Å². The minimum atomic E-state index is -4.41. The van der Waals surface area contributed by atoms with Crippen molar-refractivity contribution in [3.05, 3.63) is 53.2 Å². The number of benzene rings is 1. The van der Waals surface area contributed by atoms with Gasteiger partial charge in [-0.25, -0.2) is 4.98 Å². The molecular weight excluding hydrogens is 279 g/mol. The Morgan fingerprint density at radius 2 is 1.95 bits per heavy atom. The third-order valence-electron chi connectivity index (χ3n) is 3.70. The van der Waals surface area contributed by atoms with Crippen LogP contribution in [0.1, 0.15) is 16.7 Å². The Hall–Kier alpha value is -2.24. The molecule has 2 N–H and O–H groups in total. The highest BCUT2D eigenvalue weighted by atomic mass is 19.4. The molecule has 0 spiro atoms. The number of fused-ring (bicyclic) bond motifs is 1. The highest BCUT2D eigenvalue weighted by Gasteiger charge is 2.36. The van der Waals surface area contributed by atoms with Gasteiger partial charge in [-0.05, 0) is 35.7 Å². The Labute approximate surface area is 120 Å². The third-order valence-corrected chi connectivity index (χ3v) is 3.70. The molecule has 110 valence electrons. The maximum atomic E-state index is 13.1. The Kier molecular flexibility index (Phi) is 3.23. The van der Waals surface area contributed by atoms with Gasteiger partial charge in [0.05, 0.1) is 5.56 Å². The average molecular weight is 293 g/mol. The Bertz CT molecular complexity index is 667. The minimum Gasteiger partial charge on any atom is -0.398 e. The number of hydrogen-bond donors (Lipinski definition) is 1. The number of nitrogen functional groups attached to an aromatic ring is 1. The van der Waals surface area contributed by atoms with Crippen LogP contribution >= 0.6 is 0 Å². The molecule has 0 unspecified atom stereocenters. The lowest BCUT2D eigenvalue weighted by molar-refractivity contribution is -0.137. The van der Waals surface area contributed by atoms with Crippen molar-refractivity contribution >= 4 is 11.5 Å². The topological polar surface area (TPSA) is 42.1 Å². The molecule has 0 atom stereocenters. The maximum Gasteiger partial charge on any atom is 0.419 e. The second-order valence-corrected chi connectivity index (χ2v) is 5.03. The zero-order valence-corrected chi connectivity index (χ0v) is 11.2. The highest BCUT2D eigenvalue weighted by Crippen LogP contribution is 2.37. The van der Waals surface area contributed by atoms with Crippen molar-refractivity contribution < 1.29 is 13.2 Å². The van der Waals surface area contributed by atoms with Crippen LogP contribution in [0.4, 0.5) is 24.7 Å². The zero-order chi connectivity index (χ0) is 15.0. The lowest BCUT2D eigenvalue weighted by atomic mass is 9.98. The van der Waals surface area contributed by atoms with E-state index in [4.69, 9.17) is 5.73 Å². The van der Waals surface area contributed by atoms with Crippen LogP contribution in [0.15, 0.2) is 36.5 Å². The standard InChI is InChI=1S/C15H14F3N3/c16-15(17,18)12-4-2-7-20-14(12)21-8-6-10-3-1-5-13(19)11(10)9-21/h1-5,7H,6,8-9,19H2. The first-order valence-electron chi connectivity index (χ1n) is 6.60. The van der Waals surface area contributed by atoms with Crippen molar-refractivity contribution in [1.29, 1.82) is 0 Å². The smallest absolute Gasteiger partial charge is 0.398 e. The third kappa shape index (κ3) is 2.53. The highest BCUT2D eigenvalue weighted by molar-refractivity contribution is 5.57. The first-order chi connectivity index (χ1) is 9.97. The van der Waals surface area contributed by atoms with Crippen LogP contribution in [0.3, 0.4) is 0 Å². The van der Waals surface area contributed by atoms with Crippen molar-refractivity contribution in [1.82, 2.24) is 4.98 Å². The monoisotopic (exact) mass is 293 g/mol. The molecule has 0 aliphatic carbocycles. The molecule has 0 saturated carbocycles. The Morgan fingerprint density at radius 3 is 2.71 bits per heavy atom. The number of nitrogens with two attached hydrogens (primary N) is 1. The van der Waals surface area contributed by atoms with E-state index in [0.717, 1.165) is 17.2 Å². The van der Waals surface area contributed by atoms with Gasteiger partial charge < -0.3 is 10.6 Å². The molecule has 1 aliphatic heterocycles. The van der Waals surface area contributed by atoms with E-state index in [1.807, 2.05) is 12.1 Å². The van der Waals surface area contributed by atoms with Gasteiger partial charge in [0.15, 0.2) is 0 Å². The predicted octanol–water partition coefficient (Wildman–Crippen LogP) is 3.25. The lowest BCUT2D eigenvalue weighted by Crippen LogP contribution is -2.33. The SMILES string of the molecule is Nc1cccc2c1CN(c1ncccc1C(F)(F)F)CC2. The Morgan fingerprint density at radius 1 is 1.14 bits per heavy atom. The summed E-state index contributed by atoms with van der Waals surface area (Å²) >= 11 is 0. The van der Waals surface area contributed by atoms with Gasteiger partial charge in [-0.1, -0.05) is 12.1 Å². The number of alkyl halides is 3. The molecule has 0 radical (unpaired) electrons. The van der Waals surface area contributed by atoms with Gasteiger partial charge >= 0.3 is 6.18 Å². The van der Waals surface area contributed by atoms with Gasteiger partial charge in [-0.15, -0.1) is 0 Å². The summed E-state index contributed by atoms with van der Waals surface area (Å²) in [4.78, 5) is 5.58. The molecule has 0 saturated heterocycles. The second kappa shape index (κ2) is 4.95. The van der Waals surface area contributed by atoms with Crippen LogP contribution in [-0.2, 0) is 19.1 Å². The summed E-state index contributed by atoms with van der Waals surface area (Å²) in [5, 5.41) is 0. The fourth-order valence-corrected chi connectivity index (χ4v) is 2.66. The van der Waals surface area contributed by atoms with E-state index in [1.165, 1.54) is 12.3 Å². The Balaban J connectivity index is 1.99. The summed E-state index contributed by atoms with van der Waals surface area (Å²) in [6.07, 6.45) is -2.37. The number of rotatable bonds is 1. The number of nitrogens with zero attached hydrogens (tertiary/aromatic N) is 2. The molecular formula is C15H14F3N3. The van der Waals surface area contributed by atoms with Crippen LogP contribution in [-0.4, -0.2) is 11.5 Å². The molecule has 3 rings (SSSR count). The number of pyridine rings is 1. The van der Waals surface area contributed by atoms with Gasteiger partial charge in [0.1, 0.15) is 5.82 Å². The van der Waals surface area contributed by atoms with Crippen LogP contribution < -0.4 is 10.6 Å². The number of halogens is 3. The normalized spacial score (nSPS) is 14.9. The molecule has 2 aromatic rings. The first-order valence-corrected chi connectivity index (χ1v) is 6.60. The maximum absolute atomic E-state index is 13.1. The van der Waals surface area contributed by atoms with Crippen LogP contribution in [0, 0.1) is 0 Å². The van der Waals surface area contributed by atoms with Gasteiger partial charge in [-0.3, -0.25) is 0 Å². The zero-order valence-electron chi connectivity index (χ0n) is 11.2. The second-order valence-electron chi connectivity index (χ2n) is 5.03. The summed E-state index contributed by atoms with van der Waals surface area (Å²) in [5.41, 5.74) is 7.83. The molecule has 3 nitrogen and oxygen atoms in total. The molecule has 6 heteroatoms. The van der Waals surface area contributed by atoms with E-state index in [9.17, 15) is 13.2 Å².